The van der Waals surface area contributed by atoms with E-state index in [0.717, 1.165) is 33.3 Å². The maximum Gasteiger partial charge on any atom is 0.323 e. The molecule has 1 atom stereocenters. The number of benzene rings is 3. The summed E-state index contributed by atoms with van der Waals surface area (Å²) in [6.45, 7) is 0.919. The minimum atomic E-state index is -0.872. The average molecular weight is 485 g/mol. The van der Waals surface area contributed by atoms with E-state index in [2.05, 4.69) is 0 Å². The summed E-state index contributed by atoms with van der Waals surface area (Å²) in [4.78, 5) is 27.3. The number of hydrogen-bond acceptors (Lipinski definition) is 2. The zero-order valence-electron chi connectivity index (χ0n) is 20.1. The third-order valence-electron chi connectivity index (χ3n) is 7.10. The molecule has 36 heavy (non-hydrogen) atoms. The third kappa shape index (κ3) is 5.03. The Balaban J connectivity index is 1.41. The molecule has 0 saturated heterocycles. The van der Waals surface area contributed by atoms with Crippen LogP contribution < -0.4 is 0 Å². The van der Waals surface area contributed by atoms with Crippen LogP contribution in [0, 0.1) is 11.7 Å². The highest BCUT2D eigenvalue weighted by Gasteiger charge is 2.32. The molecule has 1 N–H and O–H groups in total. The van der Waals surface area contributed by atoms with E-state index >= 15 is 0 Å². The van der Waals surface area contributed by atoms with Crippen LogP contribution in [0.25, 0.3) is 10.9 Å². The average Bonchev–Trinajstić information content (AvgIpc) is 3.19. The van der Waals surface area contributed by atoms with Crippen molar-refractivity contribution in [3.63, 3.8) is 0 Å². The van der Waals surface area contributed by atoms with Crippen LogP contribution in [0.5, 0.6) is 0 Å². The van der Waals surface area contributed by atoms with Gasteiger partial charge in [0.1, 0.15) is 12.4 Å². The van der Waals surface area contributed by atoms with Crippen molar-refractivity contribution in [2.75, 3.05) is 6.54 Å². The van der Waals surface area contributed by atoms with E-state index in [1.807, 2.05) is 70.1 Å². The number of carbonyl (C=O) groups is 2. The van der Waals surface area contributed by atoms with Crippen LogP contribution in [0.1, 0.15) is 28.8 Å². The monoisotopic (exact) mass is 484 g/mol. The Morgan fingerprint density at radius 1 is 0.972 bits per heavy atom. The summed E-state index contributed by atoms with van der Waals surface area (Å²) < 4.78 is 15.6. The van der Waals surface area contributed by atoms with E-state index in [1.54, 1.807) is 6.07 Å². The Bertz CT molecular complexity index is 1400. The van der Waals surface area contributed by atoms with Gasteiger partial charge in [0.15, 0.2) is 0 Å². The standard InChI is InChI=1S/C30H29FN2O3/c31-24-10-6-9-21(17-24)15-16-32(19-22-7-2-1-3-8-22)30(36)23-13-14-28-26(18-23)25-11-4-5-12-27(25)33(28)20-29(34)35/h1-12,17,23H,13-16,18-20H2,(H,34,35). The smallest absolute Gasteiger partial charge is 0.323 e. The number of amides is 1. The van der Waals surface area contributed by atoms with Gasteiger partial charge in [-0.15, -0.1) is 0 Å². The predicted octanol–water partition coefficient (Wildman–Crippen LogP) is 5.24. The molecule has 3 aromatic carbocycles. The Kier molecular flexibility index (Phi) is 6.85. The van der Waals surface area contributed by atoms with E-state index < -0.39 is 5.97 Å². The number of nitrogens with zero attached hydrogens (tertiary/aromatic N) is 2. The van der Waals surface area contributed by atoms with Gasteiger partial charge in [0.2, 0.25) is 5.91 Å². The van der Waals surface area contributed by atoms with Crippen molar-refractivity contribution in [3.05, 3.63) is 107 Å². The maximum atomic E-state index is 13.9. The number of aliphatic carboxylic acids is 1. The molecule has 184 valence electrons. The van der Waals surface area contributed by atoms with Crippen LogP contribution in [-0.2, 0) is 41.9 Å². The van der Waals surface area contributed by atoms with E-state index in [4.69, 9.17) is 0 Å². The highest BCUT2D eigenvalue weighted by atomic mass is 19.1. The lowest BCUT2D eigenvalue weighted by Crippen LogP contribution is -2.39. The second kappa shape index (κ2) is 10.4. The van der Waals surface area contributed by atoms with Crippen molar-refractivity contribution in [2.24, 2.45) is 5.92 Å². The van der Waals surface area contributed by atoms with Gasteiger partial charge in [0, 0.05) is 35.6 Å². The van der Waals surface area contributed by atoms with Crippen molar-refractivity contribution in [2.45, 2.75) is 38.8 Å². The summed E-state index contributed by atoms with van der Waals surface area (Å²) in [5.41, 5.74) is 4.94. The Hall–Kier alpha value is -3.93. The van der Waals surface area contributed by atoms with E-state index in [-0.39, 0.29) is 24.2 Å². The number of carbonyl (C=O) groups excluding carboxylic acids is 1. The maximum absolute atomic E-state index is 13.9. The van der Waals surface area contributed by atoms with E-state index in [1.165, 1.54) is 12.1 Å². The first kappa shape index (κ1) is 23.8. The van der Waals surface area contributed by atoms with Gasteiger partial charge in [-0.25, -0.2) is 4.39 Å². The number of aromatic nitrogens is 1. The van der Waals surface area contributed by atoms with Crippen LogP contribution >= 0.6 is 0 Å². The van der Waals surface area contributed by atoms with E-state index in [9.17, 15) is 19.1 Å². The number of halogens is 1. The highest BCUT2D eigenvalue weighted by molar-refractivity contribution is 5.88. The van der Waals surface area contributed by atoms with Crippen molar-refractivity contribution in [1.82, 2.24) is 9.47 Å². The highest BCUT2D eigenvalue weighted by Crippen LogP contribution is 2.35. The summed E-state index contributed by atoms with van der Waals surface area (Å²) in [6, 6.07) is 24.3. The summed E-state index contributed by atoms with van der Waals surface area (Å²) >= 11 is 0. The molecular formula is C30H29FN2O3. The molecule has 4 aromatic rings. The molecule has 1 aliphatic rings. The van der Waals surface area contributed by atoms with Crippen molar-refractivity contribution in [1.29, 1.82) is 0 Å². The first-order chi connectivity index (χ1) is 17.5. The van der Waals surface area contributed by atoms with E-state index in [0.29, 0.717) is 38.8 Å². The normalized spacial score (nSPS) is 15.0. The fraction of sp³-hybridized carbons (Fsp3) is 0.267. The fourth-order valence-electron chi connectivity index (χ4n) is 5.41. The van der Waals surface area contributed by atoms with Crippen LogP contribution in [-0.4, -0.2) is 33.0 Å². The molecule has 0 radical (unpaired) electrons. The molecule has 0 fully saturated rings. The quantitative estimate of drug-likeness (QED) is 0.372. The largest absolute Gasteiger partial charge is 0.480 e. The van der Waals surface area contributed by atoms with Crippen LogP contribution in [0.15, 0.2) is 78.9 Å². The molecule has 0 spiro atoms. The number of hydrogen-bond donors (Lipinski definition) is 1. The predicted molar refractivity (Wildman–Crippen MR) is 137 cm³/mol. The molecule has 1 aliphatic carbocycles. The van der Waals surface area contributed by atoms with Gasteiger partial charge < -0.3 is 14.6 Å². The SMILES string of the molecule is O=C(O)Cn1c2c(c3ccccc31)CC(C(=O)N(CCc1cccc(F)c1)Cc1ccccc1)CC2. The molecule has 1 unspecified atom stereocenters. The van der Waals surface area contributed by atoms with Crippen LogP contribution in [0.2, 0.25) is 0 Å². The summed E-state index contributed by atoms with van der Waals surface area (Å²) in [7, 11) is 0. The Morgan fingerprint density at radius 2 is 1.72 bits per heavy atom. The summed E-state index contributed by atoms with van der Waals surface area (Å²) in [6.07, 6.45) is 2.50. The zero-order chi connectivity index (χ0) is 25.1. The molecule has 6 heteroatoms. The second-order valence-corrected chi connectivity index (χ2v) is 9.49. The van der Waals surface area contributed by atoms with Crippen LogP contribution in [0.3, 0.4) is 0 Å². The first-order valence-corrected chi connectivity index (χ1v) is 12.4. The fourth-order valence-corrected chi connectivity index (χ4v) is 5.41. The minimum Gasteiger partial charge on any atom is -0.480 e. The molecule has 5 nitrogen and oxygen atoms in total. The number of para-hydroxylation sites is 1. The third-order valence-corrected chi connectivity index (χ3v) is 7.10. The number of rotatable bonds is 8. The summed E-state index contributed by atoms with van der Waals surface area (Å²) in [5, 5.41) is 10.5. The lowest BCUT2D eigenvalue weighted by atomic mass is 9.85. The lowest BCUT2D eigenvalue weighted by Gasteiger charge is -2.30. The molecule has 0 saturated carbocycles. The van der Waals surface area contributed by atoms with Crippen molar-refractivity contribution in [3.8, 4) is 0 Å². The molecule has 1 aromatic heterocycles. The van der Waals surface area contributed by atoms with Gasteiger partial charge in [-0.3, -0.25) is 9.59 Å². The Labute approximate surface area is 209 Å². The van der Waals surface area contributed by atoms with Gasteiger partial charge >= 0.3 is 5.97 Å². The molecule has 5 rings (SSSR count). The van der Waals surface area contributed by atoms with Gasteiger partial charge in [0.05, 0.1) is 0 Å². The van der Waals surface area contributed by atoms with Gasteiger partial charge in [0.25, 0.3) is 0 Å². The topological polar surface area (TPSA) is 62.5 Å². The molecule has 0 aliphatic heterocycles. The second-order valence-electron chi connectivity index (χ2n) is 9.49. The van der Waals surface area contributed by atoms with Gasteiger partial charge in [-0.1, -0.05) is 60.7 Å². The molecular weight excluding hydrogens is 455 g/mol. The minimum absolute atomic E-state index is 0.0811. The molecule has 0 bridgehead atoms. The number of fused-ring (bicyclic) bond motifs is 3. The first-order valence-electron chi connectivity index (χ1n) is 12.4. The van der Waals surface area contributed by atoms with Crippen molar-refractivity contribution < 1.29 is 19.1 Å². The van der Waals surface area contributed by atoms with Gasteiger partial charge in [-0.05, 0) is 60.6 Å². The van der Waals surface area contributed by atoms with Crippen LogP contribution in [0.4, 0.5) is 4.39 Å². The number of carboxylic acid groups (broad SMARTS) is 1. The lowest BCUT2D eigenvalue weighted by molar-refractivity contribution is -0.138. The van der Waals surface area contributed by atoms with Crippen molar-refractivity contribution >= 4 is 22.8 Å². The number of carboxylic acids is 1. The Morgan fingerprint density at radius 3 is 2.50 bits per heavy atom. The zero-order valence-corrected chi connectivity index (χ0v) is 20.1. The molecule has 1 heterocycles. The summed E-state index contributed by atoms with van der Waals surface area (Å²) in [5.74, 6) is -1.23. The molecule has 1 amide bonds. The van der Waals surface area contributed by atoms with Gasteiger partial charge in [-0.2, -0.15) is 0 Å².